The second-order valence-corrected chi connectivity index (χ2v) is 7.43. The van der Waals surface area contributed by atoms with Crippen molar-refractivity contribution in [3.63, 3.8) is 0 Å². The minimum Gasteiger partial charge on any atom is -0.408 e. The molecule has 108 valence electrons. The Bertz CT molecular complexity index is 790. The lowest BCUT2D eigenvalue weighted by Gasteiger charge is -2.22. The number of benzene rings is 1. The van der Waals surface area contributed by atoms with Gasteiger partial charge in [0.25, 0.3) is 0 Å². The standard InChI is InChI=1S/C13H16N2O4S/c1-14-12(9-4-5-20(17,18)7-9)8-2-3-10-11(6-8)19-13(16)15-10/h2-3,6,9,12,14H,4-5,7H2,1H3,(H,15,16). The molecule has 0 bridgehead atoms. The molecule has 1 fully saturated rings. The van der Waals surface area contributed by atoms with E-state index in [4.69, 9.17) is 4.42 Å². The average Bonchev–Trinajstić information content (AvgIpc) is 2.91. The van der Waals surface area contributed by atoms with E-state index in [0.717, 1.165) is 5.56 Å². The Kier molecular flexibility index (Phi) is 3.18. The van der Waals surface area contributed by atoms with Crippen LogP contribution in [-0.4, -0.2) is 32.0 Å². The fourth-order valence-corrected chi connectivity index (χ4v) is 4.76. The summed E-state index contributed by atoms with van der Waals surface area (Å²) in [6, 6.07) is 5.40. The van der Waals surface area contributed by atoms with Crippen molar-refractivity contribution >= 4 is 20.9 Å². The fraction of sp³-hybridized carbons (Fsp3) is 0.462. The Morgan fingerprint density at radius 1 is 1.45 bits per heavy atom. The zero-order chi connectivity index (χ0) is 14.3. The van der Waals surface area contributed by atoms with Gasteiger partial charge in [-0.1, -0.05) is 6.07 Å². The molecule has 0 aliphatic carbocycles. The van der Waals surface area contributed by atoms with Gasteiger partial charge >= 0.3 is 5.76 Å². The lowest BCUT2D eigenvalue weighted by molar-refractivity contribution is 0.418. The highest BCUT2D eigenvalue weighted by Crippen LogP contribution is 2.32. The van der Waals surface area contributed by atoms with Crippen LogP contribution in [0, 0.1) is 5.92 Å². The molecule has 2 aromatic rings. The van der Waals surface area contributed by atoms with Crippen molar-refractivity contribution in [2.24, 2.45) is 5.92 Å². The number of sulfone groups is 1. The first-order valence-electron chi connectivity index (χ1n) is 6.49. The molecule has 1 aromatic carbocycles. The summed E-state index contributed by atoms with van der Waals surface area (Å²) in [5.74, 6) is 0.0139. The molecule has 0 radical (unpaired) electrons. The Labute approximate surface area is 116 Å². The topological polar surface area (TPSA) is 92.2 Å². The Morgan fingerprint density at radius 2 is 2.25 bits per heavy atom. The van der Waals surface area contributed by atoms with Crippen LogP contribution in [0.1, 0.15) is 18.0 Å². The van der Waals surface area contributed by atoms with Crippen LogP contribution in [0.25, 0.3) is 11.1 Å². The second kappa shape index (κ2) is 4.75. The molecule has 0 spiro atoms. The molecule has 7 heteroatoms. The summed E-state index contributed by atoms with van der Waals surface area (Å²) in [5, 5.41) is 3.18. The highest BCUT2D eigenvalue weighted by molar-refractivity contribution is 7.91. The van der Waals surface area contributed by atoms with Gasteiger partial charge in [-0.15, -0.1) is 0 Å². The van der Waals surface area contributed by atoms with Crippen molar-refractivity contribution in [3.8, 4) is 0 Å². The molecule has 1 aliphatic rings. The van der Waals surface area contributed by atoms with Gasteiger partial charge in [0.1, 0.15) is 0 Å². The van der Waals surface area contributed by atoms with E-state index in [1.165, 1.54) is 0 Å². The Hall–Kier alpha value is -1.60. The number of aromatic amines is 1. The van der Waals surface area contributed by atoms with Gasteiger partial charge in [-0.05, 0) is 37.1 Å². The van der Waals surface area contributed by atoms with E-state index < -0.39 is 15.6 Å². The van der Waals surface area contributed by atoms with Crippen LogP contribution in [0.5, 0.6) is 0 Å². The molecule has 2 heterocycles. The maximum Gasteiger partial charge on any atom is 0.417 e. The summed E-state index contributed by atoms with van der Waals surface area (Å²) in [6.07, 6.45) is 0.656. The molecule has 1 saturated heterocycles. The number of hydrogen-bond acceptors (Lipinski definition) is 5. The van der Waals surface area contributed by atoms with Crippen LogP contribution < -0.4 is 11.1 Å². The highest BCUT2D eigenvalue weighted by Gasteiger charge is 2.33. The van der Waals surface area contributed by atoms with Crippen molar-refractivity contribution < 1.29 is 12.8 Å². The number of aromatic nitrogens is 1. The monoisotopic (exact) mass is 296 g/mol. The van der Waals surface area contributed by atoms with E-state index in [1.807, 2.05) is 13.1 Å². The largest absolute Gasteiger partial charge is 0.417 e. The van der Waals surface area contributed by atoms with Gasteiger partial charge in [0.15, 0.2) is 15.4 Å². The summed E-state index contributed by atoms with van der Waals surface area (Å²) in [4.78, 5) is 13.8. The lowest BCUT2D eigenvalue weighted by Crippen LogP contribution is -2.26. The molecule has 1 aliphatic heterocycles. The van der Waals surface area contributed by atoms with Gasteiger partial charge in [0.05, 0.1) is 17.0 Å². The maximum atomic E-state index is 11.6. The third kappa shape index (κ3) is 2.38. The third-order valence-corrected chi connectivity index (χ3v) is 5.65. The zero-order valence-corrected chi connectivity index (χ0v) is 11.9. The van der Waals surface area contributed by atoms with Gasteiger partial charge in [0.2, 0.25) is 0 Å². The predicted molar refractivity (Wildman–Crippen MR) is 75.4 cm³/mol. The van der Waals surface area contributed by atoms with Crippen LogP contribution >= 0.6 is 0 Å². The number of oxazole rings is 1. The molecule has 2 atom stereocenters. The molecule has 20 heavy (non-hydrogen) atoms. The molecule has 2 unspecified atom stereocenters. The van der Waals surface area contributed by atoms with Gasteiger partial charge in [0, 0.05) is 6.04 Å². The Morgan fingerprint density at radius 3 is 2.90 bits per heavy atom. The number of hydrogen-bond donors (Lipinski definition) is 2. The van der Waals surface area contributed by atoms with E-state index in [0.29, 0.717) is 17.5 Å². The van der Waals surface area contributed by atoms with Gasteiger partial charge in [-0.25, -0.2) is 13.2 Å². The molecule has 0 saturated carbocycles. The molecular formula is C13H16N2O4S. The molecule has 3 rings (SSSR count). The summed E-state index contributed by atoms with van der Waals surface area (Å²) >= 11 is 0. The van der Waals surface area contributed by atoms with Crippen molar-refractivity contribution in [3.05, 3.63) is 34.3 Å². The Balaban J connectivity index is 1.96. The van der Waals surface area contributed by atoms with Gasteiger partial charge in [-0.3, -0.25) is 4.98 Å². The summed E-state index contributed by atoms with van der Waals surface area (Å²) in [6.45, 7) is 0. The lowest BCUT2D eigenvalue weighted by atomic mass is 9.92. The first-order valence-corrected chi connectivity index (χ1v) is 8.31. The smallest absolute Gasteiger partial charge is 0.408 e. The third-order valence-electron chi connectivity index (χ3n) is 3.85. The molecular weight excluding hydrogens is 280 g/mol. The summed E-state index contributed by atoms with van der Waals surface area (Å²) in [5.41, 5.74) is 2.08. The van der Waals surface area contributed by atoms with E-state index >= 15 is 0 Å². The minimum absolute atomic E-state index is 0.0492. The number of fused-ring (bicyclic) bond motifs is 1. The normalized spacial score (nSPS) is 23.1. The molecule has 2 N–H and O–H groups in total. The zero-order valence-electron chi connectivity index (χ0n) is 11.0. The average molecular weight is 296 g/mol. The van der Waals surface area contributed by atoms with E-state index in [9.17, 15) is 13.2 Å². The number of nitrogens with one attached hydrogen (secondary N) is 2. The minimum atomic E-state index is -2.92. The van der Waals surface area contributed by atoms with Crippen LogP contribution in [0.3, 0.4) is 0 Å². The molecule has 1 aromatic heterocycles. The predicted octanol–water partition coefficient (Wildman–Crippen LogP) is 0.816. The second-order valence-electron chi connectivity index (χ2n) is 5.20. The maximum absolute atomic E-state index is 11.6. The number of H-pyrrole nitrogens is 1. The quantitative estimate of drug-likeness (QED) is 0.874. The summed E-state index contributed by atoms with van der Waals surface area (Å²) < 4.78 is 28.3. The van der Waals surface area contributed by atoms with Crippen molar-refractivity contribution in [2.75, 3.05) is 18.6 Å². The van der Waals surface area contributed by atoms with Gasteiger partial charge in [-0.2, -0.15) is 0 Å². The van der Waals surface area contributed by atoms with Crippen LogP contribution in [0.4, 0.5) is 0 Å². The van der Waals surface area contributed by atoms with Crippen molar-refractivity contribution in [1.29, 1.82) is 0 Å². The van der Waals surface area contributed by atoms with Crippen LogP contribution in [-0.2, 0) is 9.84 Å². The first-order chi connectivity index (χ1) is 9.48. The number of rotatable bonds is 3. The van der Waals surface area contributed by atoms with E-state index in [1.54, 1.807) is 12.1 Å². The van der Waals surface area contributed by atoms with Crippen LogP contribution in [0.15, 0.2) is 27.4 Å². The summed E-state index contributed by atoms with van der Waals surface area (Å²) in [7, 11) is -1.10. The van der Waals surface area contributed by atoms with Crippen molar-refractivity contribution in [1.82, 2.24) is 10.3 Å². The van der Waals surface area contributed by atoms with E-state index in [2.05, 4.69) is 10.3 Å². The molecule has 0 amide bonds. The van der Waals surface area contributed by atoms with Gasteiger partial charge < -0.3 is 9.73 Å². The SMILES string of the molecule is CNC(c1ccc2[nH]c(=O)oc2c1)C1CCS(=O)(=O)C1. The van der Waals surface area contributed by atoms with Crippen molar-refractivity contribution in [2.45, 2.75) is 12.5 Å². The van der Waals surface area contributed by atoms with Crippen LogP contribution in [0.2, 0.25) is 0 Å². The first kappa shape index (κ1) is 13.4. The highest BCUT2D eigenvalue weighted by atomic mass is 32.2. The van der Waals surface area contributed by atoms with E-state index in [-0.39, 0.29) is 23.5 Å². The fourth-order valence-electron chi connectivity index (χ4n) is 2.92. The molecule has 6 nitrogen and oxygen atoms in total.